The van der Waals surface area contributed by atoms with E-state index < -0.39 is 0 Å². The number of aliphatic imine (C=N–C) groups is 1. The average Bonchev–Trinajstić information content (AvgIpc) is 2.47. The molecule has 2 nitrogen and oxygen atoms in total. The van der Waals surface area contributed by atoms with Crippen LogP contribution in [0.4, 0.5) is 0 Å². The summed E-state index contributed by atoms with van der Waals surface area (Å²) in [6.45, 7) is 2.06. The van der Waals surface area contributed by atoms with Crippen molar-refractivity contribution in [2.24, 2.45) is 4.99 Å². The summed E-state index contributed by atoms with van der Waals surface area (Å²) in [7, 11) is 0. The van der Waals surface area contributed by atoms with E-state index in [2.05, 4.69) is 40.1 Å². The van der Waals surface area contributed by atoms with Gasteiger partial charge in [0.15, 0.2) is 0 Å². The Morgan fingerprint density at radius 3 is 2.54 bits per heavy atom. The zero-order chi connectivity index (χ0) is 9.26. The molecule has 3 heteroatoms. The van der Waals surface area contributed by atoms with Crippen LogP contribution in [0.15, 0.2) is 35.3 Å². The standard InChI is InChI=1S/C10H10NOSe/c1-7-9(12-10(13)11-7)8-5-3-2-4-6-8/h2-7,9H,1H3/t7-,9-/m0/s1. The summed E-state index contributed by atoms with van der Waals surface area (Å²) >= 11 is 2.80. The van der Waals surface area contributed by atoms with Gasteiger partial charge >= 0.3 is 85.5 Å². The van der Waals surface area contributed by atoms with Crippen molar-refractivity contribution in [2.45, 2.75) is 19.1 Å². The van der Waals surface area contributed by atoms with E-state index in [9.17, 15) is 0 Å². The molecule has 0 amide bonds. The number of ether oxygens (including phenoxy) is 1. The van der Waals surface area contributed by atoms with Crippen molar-refractivity contribution in [3.8, 4) is 0 Å². The molecule has 0 N–H and O–H groups in total. The average molecular weight is 239 g/mol. The van der Waals surface area contributed by atoms with Crippen LogP contribution in [0.1, 0.15) is 18.6 Å². The Bertz CT molecular complexity index is 323. The Labute approximate surface area is 85.8 Å². The van der Waals surface area contributed by atoms with Gasteiger partial charge in [0.05, 0.1) is 0 Å². The summed E-state index contributed by atoms with van der Waals surface area (Å²) < 4.78 is 5.55. The van der Waals surface area contributed by atoms with E-state index in [4.69, 9.17) is 4.74 Å². The quantitative estimate of drug-likeness (QED) is 0.683. The molecule has 1 heterocycles. The van der Waals surface area contributed by atoms with E-state index in [0.29, 0.717) is 4.80 Å². The fourth-order valence-corrected chi connectivity index (χ4v) is 2.03. The molecule has 1 aliphatic rings. The molecule has 13 heavy (non-hydrogen) atoms. The SMILES string of the molecule is C[C@@H]1N=C([Se])O[C@@H]1c1ccccc1. The van der Waals surface area contributed by atoms with E-state index in [1.165, 1.54) is 5.56 Å². The fourth-order valence-electron chi connectivity index (χ4n) is 1.46. The Kier molecular flexibility index (Phi) is 2.38. The molecule has 1 aromatic rings. The number of hydrogen-bond donors (Lipinski definition) is 0. The van der Waals surface area contributed by atoms with Gasteiger partial charge in [0.2, 0.25) is 0 Å². The molecule has 0 spiro atoms. The Morgan fingerprint density at radius 1 is 1.31 bits per heavy atom. The minimum atomic E-state index is 0.0810. The summed E-state index contributed by atoms with van der Waals surface area (Å²) in [5.41, 5.74) is 1.18. The third kappa shape index (κ3) is 1.76. The van der Waals surface area contributed by atoms with Crippen molar-refractivity contribution < 1.29 is 4.74 Å². The van der Waals surface area contributed by atoms with Crippen LogP contribution in [0.25, 0.3) is 0 Å². The van der Waals surface area contributed by atoms with Crippen molar-refractivity contribution in [2.75, 3.05) is 0 Å². The van der Waals surface area contributed by atoms with Gasteiger partial charge in [-0.3, -0.25) is 0 Å². The first kappa shape index (κ1) is 8.79. The third-order valence-electron chi connectivity index (χ3n) is 2.10. The van der Waals surface area contributed by atoms with E-state index >= 15 is 0 Å². The first-order valence-electron chi connectivity index (χ1n) is 4.24. The van der Waals surface area contributed by atoms with Gasteiger partial charge in [-0.05, 0) is 0 Å². The van der Waals surface area contributed by atoms with Crippen LogP contribution >= 0.6 is 0 Å². The molecule has 0 aliphatic carbocycles. The molecule has 1 aliphatic heterocycles. The van der Waals surface area contributed by atoms with Crippen molar-refractivity contribution >= 4 is 20.8 Å². The molecule has 2 atom stereocenters. The molecule has 1 radical (unpaired) electrons. The van der Waals surface area contributed by atoms with Crippen molar-refractivity contribution in [1.29, 1.82) is 0 Å². The van der Waals surface area contributed by atoms with Crippen LogP contribution in [0.2, 0.25) is 0 Å². The number of nitrogens with zero attached hydrogens (tertiary/aromatic N) is 1. The number of rotatable bonds is 1. The maximum atomic E-state index is 5.55. The molecule has 0 bridgehead atoms. The fraction of sp³-hybridized carbons (Fsp3) is 0.300. The Morgan fingerprint density at radius 2 is 2.00 bits per heavy atom. The molecule has 1 aromatic carbocycles. The summed E-state index contributed by atoms with van der Waals surface area (Å²) in [6, 6.07) is 10.4. The van der Waals surface area contributed by atoms with Crippen molar-refractivity contribution in [1.82, 2.24) is 0 Å². The van der Waals surface area contributed by atoms with Gasteiger partial charge in [-0.1, -0.05) is 0 Å². The van der Waals surface area contributed by atoms with Crippen LogP contribution in [0.5, 0.6) is 0 Å². The predicted molar refractivity (Wildman–Crippen MR) is 52.9 cm³/mol. The second-order valence-electron chi connectivity index (χ2n) is 3.08. The molecular formula is C10H10NOSe. The van der Waals surface area contributed by atoms with Crippen molar-refractivity contribution in [3.63, 3.8) is 0 Å². The third-order valence-corrected chi connectivity index (χ3v) is 2.53. The topological polar surface area (TPSA) is 21.6 Å². The van der Waals surface area contributed by atoms with Gasteiger partial charge in [-0.2, -0.15) is 0 Å². The molecule has 0 aromatic heterocycles. The van der Waals surface area contributed by atoms with Crippen LogP contribution in [0, 0.1) is 0 Å². The normalized spacial score (nSPS) is 26.7. The molecule has 0 unspecified atom stereocenters. The second-order valence-corrected chi connectivity index (χ2v) is 3.82. The predicted octanol–water partition coefficient (Wildman–Crippen LogP) is 1.67. The summed E-state index contributed by atoms with van der Waals surface area (Å²) in [6.07, 6.45) is 0.0810. The zero-order valence-electron chi connectivity index (χ0n) is 7.31. The van der Waals surface area contributed by atoms with E-state index in [1.54, 1.807) is 0 Å². The number of benzene rings is 1. The van der Waals surface area contributed by atoms with Gasteiger partial charge in [0, 0.05) is 0 Å². The second kappa shape index (κ2) is 3.52. The maximum absolute atomic E-state index is 5.55. The van der Waals surface area contributed by atoms with Gasteiger partial charge in [0.25, 0.3) is 0 Å². The summed E-state index contributed by atoms with van der Waals surface area (Å²) in [5, 5.41) is 0. The van der Waals surface area contributed by atoms with Crippen molar-refractivity contribution in [3.05, 3.63) is 35.9 Å². The molecule has 2 rings (SSSR count). The molecule has 0 fully saturated rings. The van der Waals surface area contributed by atoms with E-state index in [-0.39, 0.29) is 12.1 Å². The molecule has 67 valence electrons. The molecule has 0 saturated heterocycles. The first-order valence-corrected chi connectivity index (χ1v) is 5.09. The van der Waals surface area contributed by atoms with Gasteiger partial charge < -0.3 is 0 Å². The summed E-state index contributed by atoms with van der Waals surface area (Å²) in [5.74, 6) is 0. The molecule has 0 saturated carbocycles. The van der Waals surface area contributed by atoms with Crippen LogP contribution in [-0.2, 0) is 4.74 Å². The first-order chi connectivity index (χ1) is 6.27. The van der Waals surface area contributed by atoms with Crippen LogP contribution < -0.4 is 0 Å². The van der Waals surface area contributed by atoms with E-state index in [1.807, 2.05) is 18.2 Å². The van der Waals surface area contributed by atoms with Crippen LogP contribution in [-0.4, -0.2) is 26.9 Å². The zero-order valence-corrected chi connectivity index (χ0v) is 9.02. The van der Waals surface area contributed by atoms with Gasteiger partial charge in [0.1, 0.15) is 0 Å². The van der Waals surface area contributed by atoms with Gasteiger partial charge in [-0.25, -0.2) is 0 Å². The summed E-state index contributed by atoms with van der Waals surface area (Å²) in [4.78, 5) is 4.95. The molecular weight excluding hydrogens is 229 g/mol. The minimum absolute atomic E-state index is 0.0810. The monoisotopic (exact) mass is 240 g/mol. The van der Waals surface area contributed by atoms with Gasteiger partial charge in [-0.15, -0.1) is 0 Å². The number of hydrogen-bond acceptors (Lipinski definition) is 2. The Balaban J connectivity index is 2.21. The Hall–Kier alpha value is -0.791. The van der Waals surface area contributed by atoms with Crippen LogP contribution in [0.3, 0.4) is 0 Å². The van der Waals surface area contributed by atoms with E-state index in [0.717, 1.165) is 0 Å².